The zero-order chi connectivity index (χ0) is 33.0. The Morgan fingerprint density at radius 1 is 0.688 bits per heavy atom. The first-order valence-electron chi connectivity index (χ1n) is 16.3. The van der Waals surface area contributed by atoms with Crippen LogP contribution in [0.5, 0.6) is 0 Å². The molecule has 5 aromatic rings. The smallest absolute Gasteiger partial charge is 0.261 e. The van der Waals surface area contributed by atoms with Gasteiger partial charge in [0.05, 0.1) is 36.5 Å². The second-order valence-electron chi connectivity index (χ2n) is 12.6. The van der Waals surface area contributed by atoms with Gasteiger partial charge in [0.15, 0.2) is 6.29 Å². The maximum absolute atomic E-state index is 13.0. The van der Waals surface area contributed by atoms with Crippen molar-refractivity contribution in [2.75, 3.05) is 13.6 Å². The molecular formula is C41H38N2O5. The average molecular weight is 639 g/mol. The highest BCUT2D eigenvalue weighted by atomic mass is 16.7. The summed E-state index contributed by atoms with van der Waals surface area (Å²) in [5.41, 5.74) is 7.78. The molecule has 0 spiro atoms. The number of rotatable bonds is 10. The number of fused-ring (bicyclic) bond motifs is 1. The molecule has 0 saturated carbocycles. The highest BCUT2D eigenvalue weighted by molar-refractivity contribution is 6.21. The van der Waals surface area contributed by atoms with E-state index in [1.165, 1.54) is 10.5 Å². The van der Waals surface area contributed by atoms with Crippen molar-refractivity contribution in [3.63, 3.8) is 0 Å². The first-order valence-corrected chi connectivity index (χ1v) is 16.3. The first kappa shape index (κ1) is 31.7. The normalized spacial score (nSPS) is 19.1. The number of aliphatic hydroxyl groups excluding tert-OH is 1. The monoisotopic (exact) mass is 638 g/mol. The van der Waals surface area contributed by atoms with Gasteiger partial charge in [-0.05, 0) is 64.7 Å². The summed E-state index contributed by atoms with van der Waals surface area (Å²) >= 11 is 0. The molecule has 2 heterocycles. The SMILES string of the molecule is CN(Cc1ccccc1)C[C@@H]1C[C@H](c2ccc(CO)cc2)O[C@H](c2cccc(-c3cccc(CN4C(=O)c5ccccc5C4=O)c3)c2)O1. The lowest BCUT2D eigenvalue weighted by Gasteiger charge is -2.38. The summed E-state index contributed by atoms with van der Waals surface area (Å²) < 4.78 is 13.3. The third-order valence-corrected chi connectivity index (χ3v) is 9.06. The topological polar surface area (TPSA) is 79.3 Å². The summed E-state index contributed by atoms with van der Waals surface area (Å²) in [5.74, 6) is -0.529. The largest absolute Gasteiger partial charge is 0.392 e. The zero-order valence-electron chi connectivity index (χ0n) is 26.9. The molecule has 2 aliphatic rings. The minimum Gasteiger partial charge on any atom is -0.392 e. The Morgan fingerprint density at radius 3 is 2.04 bits per heavy atom. The Labute approximate surface area is 281 Å². The van der Waals surface area contributed by atoms with Crippen molar-refractivity contribution in [1.82, 2.24) is 9.80 Å². The molecule has 5 aromatic carbocycles. The number of likely N-dealkylation sites (N-methyl/N-ethyl adjacent to an activating group) is 1. The molecule has 7 nitrogen and oxygen atoms in total. The molecule has 0 unspecified atom stereocenters. The van der Waals surface area contributed by atoms with Gasteiger partial charge in [-0.2, -0.15) is 0 Å². The van der Waals surface area contributed by atoms with E-state index in [1.54, 1.807) is 24.3 Å². The molecule has 7 rings (SSSR count). The van der Waals surface area contributed by atoms with Crippen LogP contribution in [0, 0.1) is 0 Å². The number of carbonyl (C=O) groups excluding carboxylic acids is 2. The number of benzene rings is 5. The average Bonchev–Trinajstić information content (AvgIpc) is 3.36. The van der Waals surface area contributed by atoms with Crippen LogP contribution < -0.4 is 0 Å². The van der Waals surface area contributed by atoms with Crippen LogP contribution in [0.2, 0.25) is 0 Å². The first-order chi connectivity index (χ1) is 23.4. The van der Waals surface area contributed by atoms with Crippen LogP contribution in [0.3, 0.4) is 0 Å². The molecule has 0 aliphatic carbocycles. The molecule has 0 aromatic heterocycles. The van der Waals surface area contributed by atoms with Gasteiger partial charge in [-0.15, -0.1) is 0 Å². The highest BCUT2D eigenvalue weighted by Gasteiger charge is 2.35. The molecular weight excluding hydrogens is 600 g/mol. The summed E-state index contributed by atoms with van der Waals surface area (Å²) in [6, 6.07) is 41.4. The van der Waals surface area contributed by atoms with Gasteiger partial charge in [0.2, 0.25) is 0 Å². The van der Waals surface area contributed by atoms with Crippen molar-refractivity contribution < 1.29 is 24.2 Å². The van der Waals surface area contributed by atoms with Crippen LogP contribution in [0.4, 0.5) is 0 Å². The van der Waals surface area contributed by atoms with Gasteiger partial charge >= 0.3 is 0 Å². The van der Waals surface area contributed by atoms with Crippen LogP contribution in [0.1, 0.15) is 67.3 Å². The highest BCUT2D eigenvalue weighted by Crippen LogP contribution is 2.39. The fraction of sp³-hybridized carbons (Fsp3) is 0.220. The van der Waals surface area contributed by atoms with E-state index in [0.29, 0.717) is 17.5 Å². The van der Waals surface area contributed by atoms with Gasteiger partial charge in [0.25, 0.3) is 11.8 Å². The van der Waals surface area contributed by atoms with Crippen molar-refractivity contribution in [2.45, 2.75) is 44.6 Å². The van der Waals surface area contributed by atoms with Crippen molar-refractivity contribution in [3.8, 4) is 11.1 Å². The number of aliphatic hydroxyl groups is 1. The fourth-order valence-corrected chi connectivity index (χ4v) is 6.62. The number of nitrogens with zero attached hydrogens (tertiary/aromatic N) is 2. The van der Waals surface area contributed by atoms with Crippen molar-refractivity contribution >= 4 is 11.8 Å². The van der Waals surface area contributed by atoms with Gasteiger partial charge in [-0.1, -0.05) is 103 Å². The maximum Gasteiger partial charge on any atom is 0.261 e. The number of ether oxygens (including phenoxy) is 2. The van der Waals surface area contributed by atoms with E-state index in [4.69, 9.17) is 9.47 Å². The number of carbonyl (C=O) groups is 2. The molecule has 0 radical (unpaired) electrons. The Balaban J connectivity index is 1.11. The molecule has 7 heteroatoms. The Hall–Kier alpha value is -4.92. The standard InChI is InChI=1S/C41H38N2O5/c1-42(24-28-9-3-2-4-10-28)26-35-23-38(31-19-17-29(27-44)18-20-31)48-41(47-35)34-14-8-13-33(22-34)32-12-7-11-30(21-32)25-43-39(45)36-15-5-6-16-37(36)40(43)46/h2-22,35,38,41,44H,23-27H2,1H3/t35-,38+,41+/m0/s1. The summed E-state index contributed by atoms with van der Waals surface area (Å²) in [4.78, 5) is 29.6. The van der Waals surface area contributed by atoms with Gasteiger partial charge in [-0.25, -0.2) is 0 Å². The molecule has 2 amide bonds. The van der Waals surface area contributed by atoms with Crippen LogP contribution >= 0.6 is 0 Å². The van der Waals surface area contributed by atoms with Gasteiger partial charge < -0.3 is 14.6 Å². The number of hydrogen-bond acceptors (Lipinski definition) is 6. The summed E-state index contributed by atoms with van der Waals surface area (Å²) in [7, 11) is 2.11. The van der Waals surface area contributed by atoms with E-state index < -0.39 is 6.29 Å². The zero-order valence-corrected chi connectivity index (χ0v) is 26.9. The van der Waals surface area contributed by atoms with Crippen LogP contribution in [0.15, 0.2) is 127 Å². The van der Waals surface area contributed by atoms with Crippen molar-refractivity contribution in [1.29, 1.82) is 0 Å². The Morgan fingerprint density at radius 2 is 1.33 bits per heavy atom. The van der Waals surface area contributed by atoms with Gasteiger partial charge in [0, 0.05) is 25.1 Å². The summed E-state index contributed by atoms with van der Waals surface area (Å²) in [6.07, 6.45) is -0.143. The van der Waals surface area contributed by atoms with E-state index in [9.17, 15) is 14.7 Å². The lowest BCUT2D eigenvalue weighted by Crippen LogP contribution is -2.37. The second kappa shape index (κ2) is 14.1. The second-order valence-corrected chi connectivity index (χ2v) is 12.6. The molecule has 3 atom stereocenters. The van der Waals surface area contributed by atoms with Gasteiger partial charge in [-0.3, -0.25) is 19.4 Å². The minimum absolute atomic E-state index is 0.00324. The van der Waals surface area contributed by atoms with Crippen molar-refractivity contribution in [3.05, 3.63) is 166 Å². The quantitative estimate of drug-likeness (QED) is 0.162. The molecule has 242 valence electrons. The third-order valence-electron chi connectivity index (χ3n) is 9.06. The van der Waals surface area contributed by atoms with Crippen LogP contribution in [-0.4, -0.2) is 46.4 Å². The lowest BCUT2D eigenvalue weighted by molar-refractivity contribution is -0.252. The third kappa shape index (κ3) is 6.86. The molecule has 2 aliphatic heterocycles. The van der Waals surface area contributed by atoms with E-state index in [-0.39, 0.29) is 37.2 Å². The van der Waals surface area contributed by atoms with Crippen LogP contribution in [-0.2, 0) is 29.2 Å². The van der Waals surface area contributed by atoms with E-state index >= 15 is 0 Å². The summed E-state index contributed by atoms with van der Waals surface area (Å²) in [6.45, 7) is 1.74. The van der Waals surface area contributed by atoms with Gasteiger partial charge in [0.1, 0.15) is 0 Å². The fourth-order valence-electron chi connectivity index (χ4n) is 6.62. The lowest BCUT2D eigenvalue weighted by atomic mass is 9.98. The molecule has 1 fully saturated rings. The predicted molar refractivity (Wildman–Crippen MR) is 184 cm³/mol. The maximum atomic E-state index is 13.0. The van der Waals surface area contributed by atoms with Crippen molar-refractivity contribution in [2.24, 2.45) is 0 Å². The number of hydrogen-bond donors (Lipinski definition) is 1. The number of imide groups is 1. The molecule has 0 bridgehead atoms. The molecule has 48 heavy (non-hydrogen) atoms. The van der Waals surface area contributed by atoms with E-state index in [1.807, 2.05) is 72.8 Å². The Kier molecular flexibility index (Phi) is 9.27. The Bertz CT molecular complexity index is 1870. The predicted octanol–water partition coefficient (Wildman–Crippen LogP) is 7.32. The van der Waals surface area contributed by atoms with E-state index in [2.05, 4.69) is 42.3 Å². The minimum atomic E-state index is -0.585. The number of amides is 2. The van der Waals surface area contributed by atoms with E-state index in [0.717, 1.165) is 46.5 Å². The van der Waals surface area contributed by atoms with Crippen LogP contribution in [0.25, 0.3) is 11.1 Å². The summed E-state index contributed by atoms with van der Waals surface area (Å²) in [5, 5.41) is 9.57. The molecule has 1 N–H and O–H groups in total. The molecule has 1 saturated heterocycles.